The van der Waals surface area contributed by atoms with Crippen molar-refractivity contribution in [1.82, 2.24) is 4.90 Å². The third-order valence-electron chi connectivity index (χ3n) is 4.44. The zero-order chi connectivity index (χ0) is 11.6. The summed E-state index contributed by atoms with van der Waals surface area (Å²) in [5, 5.41) is 0. The maximum atomic E-state index is 6.02. The van der Waals surface area contributed by atoms with Crippen LogP contribution in [0, 0.1) is 11.3 Å². The van der Waals surface area contributed by atoms with E-state index in [1.165, 1.54) is 32.1 Å². The zero-order valence-electron chi connectivity index (χ0n) is 11.1. The number of rotatable bonds is 5. The van der Waals surface area contributed by atoms with Crippen LogP contribution in [0.25, 0.3) is 0 Å². The molecule has 0 spiro atoms. The number of aliphatic imine (C=N–C) groups is 1. The molecule has 2 saturated carbocycles. The number of hydrogen-bond donors (Lipinski definition) is 1. The van der Waals surface area contributed by atoms with Gasteiger partial charge in [-0.3, -0.25) is 4.99 Å². The topological polar surface area (TPSA) is 41.6 Å². The van der Waals surface area contributed by atoms with Gasteiger partial charge in [0.2, 0.25) is 0 Å². The molecule has 0 aliphatic heterocycles. The Labute approximate surface area is 122 Å². The number of nitrogens with zero attached hydrogens (tertiary/aromatic N) is 2. The van der Waals surface area contributed by atoms with Crippen LogP contribution < -0.4 is 5.73 Å². The number of hydrogen-bond acceptors (Lipinski definition) is 1. The smallest absolute Gasteiger partial charge is 0.191 e. The molecule has 0 aromatic rings. The summed E-state index contributed by atoms with van der Waals surface area (Å²) in [5.74, 6) is 1.71. The van der Waals surface area contributed by atoms with Crippen LogP contribution in [0.5, 0.6) is 0 Å². The lowest BCUT2D eigenvalue weighted by Crippen LogP contribution is -2.40. The lowest BCUT2D eigenvalue weighted by atomic mass is 9.65. The number of halogens is 1. The van der Waals surface area contributed by atoms with Gasteiger partial charge < -0.3 is 10.6 Å². The van der Waals surface area contributed by atoms with E-state index in [0.717, 1.165) is 31.5 Å². The molecule has 0 radical (unpaired) electrons. The van der Waals surface area contributed by atoms with Crippen molar-refractivity contribution in [2.45, 2.75) is 46.0 Å². The molecular weight excluding hydrogens is 325 g/mol. The van der Waals surface area contributed by atoms with Crippen molar-refractivity contribution < 1.29 is 0 Å². The van der Waals surface area contributed by atoms with Crippen molar-refractivity contribution >= 4 is 29.9 Å². The van der Waals surface area contributed by atoms with Gasteiger partial charge in [-0.2, -0.15) is 0 Å². The van der Waals surface area contributed by atoms with E-state index in [4.69, 9.17) is 5.73 Å². The Bertz CT molecular complexity index is 266. The highest BCUT2D eigenvalue weighted by atomic mass is 127. The summed E-state index contributed by atoms with van der Waals surface area (Å²) in [4.78, 5) is 6.78. The van der Waals surface area contributed by atoms with Crippen LogP contribution in [0.3, 0.4) is 0 Å². The van der Waals surface area contributed by atoms with Crippen LogP contribution in [0.2, 0.25) is 0 Å². The SMILES string of the molecule is CCN(CC)C(N)=NCC1(C2CC2)CCC1.I. The van der Waals surface area contributed by atoms with Crippen LogP contribution in [-0.4, -0.2) is 30.5 Å². The first-order valence-corrected chi connectivity index (χ1v) is 6.76. The Balaban J connectivity index is 0.00000144. The molecule has 0 aromatic heterocycles. The quantitative estimate of drug-likeness (QED) is 0.470. The summed E-state index contributed by atoms with van der Waals surface area (Å²) >= 11 is 0. The first-order chi connectivity index (χ1) is 7.72. The molecule has 0 saturated heterocycles. The van der Waals surface area contributed by atoms with Crippen molar-refractivity contribution in [3.05, 3.63) is 0 Å². The van der Waals surface area contributed by atoms with Gasteiger partial charge in [0, 0.05) is 19.6 Å². The average molecular weight is 351 g/mol. The highest BCUT2D eigenvalue weighted by molar-refractivity contribution is 14.0. The van der Waals surface area contributed by atoms with Crippen LogP contribution in [0.1, 0.15) is 46.0 Å². The fourth-order valence-corrected chi connectivity index (χ4v) is 2.91. The molecule has 0 amide bonds. The lowest BCUT2D eigenvalue weighted by Gasteiger charge is -2.41. The molecule has 2 fully saturated rings. The predicted molar refractivity (Wildman–Crippen MR) is 83.8 cm³/mol. The first kappa shape index (κ1) is 15.1. The molecule has 17 heavy (non-hydrogen) atoms. The van der Waals surface area contributed by atoms with Crippen LogP contribution in [-0.2, 0) is 0 Å². The molecule has 4 heteroatoms. The van der Waals surface area contributed by atoms with Gasteiger partial charge in [0.25, 0.3) is 0 Å². The molecular formula is C13H26IN3. The average Bonchev–Trinajstić information content (AvgIpc) is 3.02. The third kappa shape index (κ3) is 3.26. The predicted octanol–water partition coefficient (Wildman–Crippen LogP) is 2.84. The maximum Gasteiger partial charge on any atom is 0.191 e. The van der Waals surface area contributed by atoms with E-state index in [-0.39, 0.29) is 24.0 Å². The molecule has 3 nitrogen and oxygen atoms in total. The molecule has 100 valence electrons. The molecule has 0 unspecified atom stereocenters. The van der Waals surface area contributed by atoms with E-state index in [0.29, 0.717) is 5.41 Å². The first-order valence-electron chi connectivity index (χ1n) is 6.76. The third-order valence-corrected chi connectivity index (χ3v) is 4.44. The highest BCUT2D eigenvalue weighted by Crippen LogP contribution is 2.57. The Morgan fingerprint density at radius 2 is 1.88 bits per heavy atom. The minimum Gasteiger partial charge on any atom is -0.370 e. The molecule has 2 rings (SSSR count). The Morgan fingerprint density at radius 1 is 1.29 bits per heavy atom. The largest absolute Gasteiger partial charge is 0.370 e. The second-order valence-electron chi connectivity index (χ2n) is 5.34. The van der Waals surface area contributed by atoms with Gasteiger partial charge in [-0.25, -0.2) is 0 Å². The van der Waals surface area contributed by atoms with E-state index in [1.807, 2.05) is 0 Å². The van der Waals surface area contributed by atoms with E-state index in [2.05, 4.69) is 23.7 Å². The minimum absolute atomic E-state index is 0. The summed E-state index contributed by atoms with van der Waals surface area (Å²) in [5.41, 5.74) is 6.57. The Hall–Kier alpha value is 0. The lowest BCUT2D eigenvalue weighted by molar-refractivity contribution is 0.113. The van der Waals surface area contributed by atoms with E-state index < -0.39 is 0 Å². The Kier molecular flexibility index (Phi) is 5.54. The van der Waals surface area contributed by atoms with Crippen molar-refractivity contribution in [2.75, 3.05) is 19.6 Å². The van der Waals surface area contributed by atoms with Gasteiger partial charge in [0.1, 0.15) is 0 Å². The maximum absolute atomic E-state index is 6.02. The molecule has 0 heterocycles. The summed E-state index contributed by atoms with van der Waals surface area (Å²) in [6.07, 6.45) is 7.03. The second-order valence-corrected chi connectivity index (χ2v) is 5.34. The normalized spacial score (nSPS) is 22.6. The summed E-state index contributed by atoms with van der Waals surface area (Å²) in [7, 11) is 0. The van der Waals surface area contributed by atoms with Crippen molar-refractivity contribution in [3.8, 4) is 0 Å². The van der Waals surface area contributed by atoms with Crippen molar-refractivity contribution in [2.24, 2.45) is 22.1 Å². The van der Waals surface area contributed by atoms with E-state index in [1.54, 1.807) is 0 Å². The Morgan fingerprint density at radius 3 is 2.24 bits per heavy atom. The molecule has 0 aromatic carbocycles. The van der Waals surface area contributed by atoms with Gasteiger partial charge >= 0.3 is 0 Å². The van der Waals surface area contributed by atoms with Gasteiger partial charge in [0.15, 0.2) is 5.96 Å². The molecule has 2 aliphatic carbocycles. The van der Waals surface area contributed by atoms with E-state index >= 15 is 0 Å². The van der Waals surface area contributed by atoms with Gasteiger partial charge in [-0.1, -0.05) is 6.42 Å². The summed E-state index contributed by atoms with van der Waals surface area (Å²) < 4.78 is 0. The van der Waals surface area contributed by atoms with Gasteiger partial charge in [-0.15, -0.1) is 24.0 Å². The zero-order valence-corrected chi connectivity index (χ0v) is 13.4. The minimum atomic E-state index is 0. The molecule has 0 bridgehead atoms. The number of guanidine groups is 1. The van der Waals surface area contributed by atoms with Crippen molar-refractivity contribution in [3.63, 3.8) is 0 Å². The van der Waals surface area contributed by atoms with Crippen LogP contribution >= 0.6 is 24.0 Å². The second kappa shape index (κ2) is 6.25. The van der Waals surface area contributed by atoms with Crippen molar-refractivity contribution in [1.29, 1.82) is 0 Å². The summed E-state index contributed by atoms with van der Waals surface area (Å²) in [6, 6.07) is 0. The van der Waals surface area contributed by atoms with Gasteiger partial charge in [0.05, 0.1) is 0 Å². The fraction of sp³-hybridized carbons (Fsp3) is 0.923. The van der Waals surface area contributed by atoms with Crippen LogP contribution in [0.15, 0.2) is 4.99 Å². The standard InChI is InChI=1S/C13H25N3.HI/c1-3-16(4-2)12(14)15-10-13(8-5-9-13)11-6-7-11;/h11H,3-10H2,1-2H3,(H2,14,15);1H. The van der Waals surface area contributed by atoms with E-state index in [9.17, 15) is 0 Å². The molecule has 0 atom stereocenters. The summed E-state index contributed by atoms with van der Waals surface area (Å²) in [6.45, 7) is 7.16. The fourth-order valence-electron chi connectivity index (χ4n) is 2.91. The monoisotopic (exact) mass is 351 g/mol. The number of nitrogens with two attached hydrogens (primary N) is 1. The highest BCUT2D eigenvalue weighted by Gasteiger charge is 2.48. The molecule has 2 aliphatic rings. The van der Waals surface area contributed by atoms with Crippen LogP contribution in [0.4, 0.5) is 0 Å². The van der Waals surface area contributed by atoms with Gasteiger partial charge in [-0.05, 0) is 50.9 Å². The molecule has 2 N–H and O–H groups in total.